The Balaban J connectivity index is 1.43. The smallest absolute Gasteiger partial charge is 0.277 e. The number of carbonyl (C=O) groups excluding carboxylic acids is 1. The normalized spacial score (nSPS) is 12.9. The van der Waals surface area contributed by atoms with Crippen LogP contribution in [0, 0.1) is 0 Å². The van der Waals surface area contributed by atoms with Gasteiger partial charge in [-0.3, -0.25) is 4.79 Å². The van der Waals surface area contributed by atoms with Crippen LogP contribution in [0.25, 0.3) is 0 Å². The van der Waals surface area contributed by atoms with Crippen molar-refractivity contribution in [3.63, 3.8) is 0 Å². The minimum Gasteiger partial charge on any atom is -0.497 e. The van der Waals surface area contributed by atoms with Crippen LogP contribution in [0.15, 0.2) is 60.9 Å². The average Bonchev–Trinajstić information content (AvgIpc) is 2.78. The van der Waals surface area contributed by atoms with E-state index >= 15 is 0 Å². The van der Waals surface area contributed by atoms with Crippen LogP contribution in [0.3, 0.4) is 0 Å². The summed E-state index contributed by atoms with van der Waals surface area (Å²) >= 11 is 0. The van der Waals surface area contributed by atoms with E-state index in [2.05, 4.69) is 27.4 Å². The van der Waals surface area contributed by atoms with E-state index in [0.29, 0.717) is 24.6 Å². The van der Waals surface area contributed by atoms with Crippen molar-refractivity contribution < 1.29 is 9.53 Å². The van der Waals surface area contributed by atoms with E-state index < -0.39 is 0 Å². The van der Waals surface area contributed by atoms with Gasteiger partial charge >= 0.3 is 0 Å². The van der Waals surface area contributed by atoms with E-state index in [1.54, 1.807) is 13.2 Å². The third kappa shape index (κ3) is 4.37. The Bertz CT molecular complexity index is 1010. The zero-order valence-corrected chi connectivity index (χ0v) is 16.5. The lowest BCUT2D eigenvalue weighted by Crippen LogP contribution is -2.36. The Morgan fingerprint density at radius 1 is 1.14 bits per heavy atom. The highest BCUT2D eigenvalue weighted by atomic mass is 16.5. The fourth-order valence-corrected chi connectivity index (χ4v) is 3.62. The van der Waals surface area contributed by atoms with E-state index in [-0.39, 0.29) is 5.91 Å². The van der Waals surface area contributed by atoms with Crippen molar-refractivity contribution in [2.24, 2.45) is 0 Å². The maximum Gasteiger partial charge on any atom is 0.277 e. The number of amides is 1. The molecule has 1 aromatic heterocycles. The van der Waals surface area contributed by atoms with Gasteiger partial charge in [0.1, 0.15) is 23.6 Å². The first-order valence-electron chi connectivity index (χ1n) is 9.83. The molecule has 148 valence electrons. The van der Waals surface area contributed by atoms with Crippen LogP contribution >= 0.6 is 0 Å². The maximum absolute atomic E-state index is 13.1. The number of benzene rings is 2. The minimum atomic E-state index is -0.0876. The predicted molar refractivity (Wildman–Crippen MR) is 114 cm³/mol. The zero-order chi connectivity index (χ0) is 20.1. The standard InChI is InChI=1S/C23H24N4O2/c1-29-19-9-4-6-17(14-19)11-12-24-22-15-20(25-16-26-22)23(28)27-13-5-8-18-7-2-3-10-21(18)27/h2-4,6-7,9-10,14-16H,5,8,11-13H2,1H3,(H,24,25,26). The van der Waals surface area contributed by atoms with E-state index in [1.165, 1.54) is 17.5 Å². The largest absolute Gasteiger partial charge is 0.497 e. The van der Waals surface area contributed by atoms with Crippen LogP contribution in [0.1, 0.15) is 28.0 Å². The molecule has 2 heterocycles. The Morgan fingerprint density at radius 2 is 2.03 bits per heavy atom. The molecule has 1 aliphatic heterocycles. The molecule has 6 nitrogen and oxygen atoms in total. The van der Waals surface area contributed by atoms with Crippen LogP contribution in [0.4, 0.5) is 11.5 Å². The molecule has 4 rings (SSSR count). The Hall–Kier alpha value is -3.41. The van der Waals surface area contributed by atoms with Crippen molar-refractivity contribution in [3.05, 3.63) is 77.7 Å². The number of nitrogens with zero attached hydrogens (tertiary/aromatic N) is 3. The number of methoxy groups -OCH3 is 1. The second kappa shape index (κ2) is 8.73. The van der Waals surface area contributed by atoms with Gasteiger partial charge in [-0.2, -0.15) is 0 Å². The summed E-state index contributed by atoms with van der Waals surface area (Å²) in [4.78, 5) is 23.4. The molecule has 1 aliphatic rings. The summed E-state index contributed by atoms with van der Waals surface area (Å²) < 4.78 is 5.26. The SMILES string of the molecule is COc1cccc(CCNc2cc(C(=O)N3CCCc4ccccc43)ncn2)c1. The van der Waals surface area contributed by atoms with Crippen molar-refractivity contribution in [2.45, 2.75) is 19.3 Å². The van der Waals surface area contributed by atoms with Crippen LogP contribution in [-0.2, 0) is 12.8 Å². The fraction of sp³-hybridized carbons (Fsp3) is 0.261. The number of hydrogen-bond donors (Lipinski definition) is 1. The van der Waals surface area contributed by atoms with Gasteiger partial charge in [0.05, 0.1) is 7.11 Å². The van der Waals surface area contributed by atoms with Gasteiger partial charge in [0.25, 0.3) is 5.91 Å². The summed E-state index contributed by atoms with van der Waals surface area (Å²) in [6.07, 6.45) is 4.22. The van der Waals surface area contributed by atoms with Crippen molar-refractivity contribution in [2.75, 3.05) is 30.4 Å². The molecule has 0 radical (unpaired) electrons. The second-order valence-electron chi connectivity index (χ2n) is 7.01. The number of carbonyl (C=O) groups is 1. The summed E-state index contributed by atoms with van der Waals surface area (Å²) in [5, 5.41) is 3.29. The van der Waals surface area contributed by atoms with Crippen LogP contribution in [-0.4, -0.2) is 36.1 Å². The molecule has 0 saturated heterocycles. The van der Waals surface area contributed by atoms with E-state index in [0.717, 1.165) is 30.7 Å². The number of aryl methyl sites for hydroxylation is 1. The first-order chi connectivity index (χ1) is 14.2. The van der Waals surface area contributed by atoms with Crippen molar-refractivity contribution in [1.29, 1.82) is 0 Å². The van der Waals surface area contributed by atoms with Gasteiger partial charge in [-0.25, -0.2) is 9.97 Å². The summed E-state index contributed by atoms with van der Waals surface area (Å²) in [6.45, 7) is 1.41. The van der Waals surface area contributed by atoms with Gasteiger partial charge in [-0.15, -0.1) is 0 Å². The molecule has 0 aliphatic carbocycles. The fourth-order valence-electron chi connectivity index (χ4n) is 3.62. The second-order valence-corrected chi connectivity index (χ2v) is 7.01. The Kier molecular flexibility index (Phi) is 5.70. The zero-order valence-electron chi connectivity index (χ0n) is 16.5. The van der Waals surface area contributed by atoms with Crippen molar-refractivity contribution in [3.8, 4) is 5.75 Å². The van der Waals surface area contributed by atoms with Crippen LogP contribution in [0.2, 0.25) is 0 Å². The Labute approximate surface area is 170 Å². The van der Waals surface area contributed by atoms with E-state index in [1.807, 2.05) is 41.3 Å². The first-order valence-corrected chi connectivity index (χ1v) is 9.83. The molecule has 2 aromatic carbocycles. The van der Waals surface area contributed by atoms with Gasteiger partial charge in [0.2, 0.25) is 0 Å². The van der Waals surface area contributed by atoms with Crippen LogP contribution in [0.5, 0.6) is 5.75 Å². The molecule has 0 fully saturated rings. The topological polar surface area (TPSA) is 67.3 Å². The number of fused-ring (bicyclic) bond motifs is 1. The minimum absolute atomic E-state index is 0.0876. The van der Waals surface area contributed by atoms with Gasteiger partial charge in [0, 0.05) is 24.8 Å². The molecular weight excluding hydrogens is 364 g/mol. The number of aromatic nitrogens is 2. The highest BCUT2D eigenvalue weighted by Gasteiger charge is 2.24. The number of nitrogens with one attached hydrogen (secondary N) is 1. The molecule has 0 bridgehead atoms. The number of ether oxygens (including phenoxy) is 1. The van der Waals surface area contributed by atoms with Gasteiger partial charge in [0.15, 0.2) is 0 Å². The third-order valence-electron chi connectivity index (χ3n) is 5.10. The third-order valence-corrected chi connectivity index (χ3v) is 5.10. The Morgan fingerprint density at radius 3 is 2.93 bits per heavy atom. The maximum atomic E-state index is 13.1. The quantitative estimate of drug-likeness (QED) is 0.697. The van der Waals surface area contributed by atoms with Gasteiger partial charge in [-0.1, -0.05) is 30.3 Å². The number of anilines is 2. The number of rotatable bonds is 6. The molecule has 1 amide bonds. The molecule has 6 heteroatoms. The lowest BCUT2D eigenvalue weighted by Gasteiger charge is -2.29. The van der Waals surface area contributed by atoms with Crippen LogP contribution < -0.4 is 15.0 Å². The van der Waals surface area contributed by atoms with Gasteiger partial charge < -0.3 is 15.0 Å². The lowest BCUT2D eigenvalue weighted by molar-refractivity contribution is 0.0980. The summed E-state index contributed by atoms with van der Waals surface area (Å²) in [7, 11) is 1.66. The molecule has 0 spiro atoms. The predicted octanol–water partition coefficient (Wildman–Crippen LogP) is 3.73. The number of para-hydroxylation sites is 1. The highest BCUT2D eigenvalue weighted by molar-refractivity contribution is 6.05. The summed E-state index contributed by atoms with van der Waals surface area (Å²) in [5.41, 5.74) is 3.76. The molecule has 0 saturated carbocycles. The van der Waals surface area contributed by atoms with Crippen molar-refractivity contribution >= 4 is 17.4 Å². The molecule has 3 aromatic rings. The summed E-state index contributed by atoms with van der Waals surface area (Å²) in [5.74, 6) is 1.41. The highest BCUT2D eigenvalue weighted by Crippen LogP contribution is 2.28. The first kappa shape index (κ1) is 18.9. The molecule has 29 heavy (non-hydrogen) atoms. The lowest BCUT2D eigenvalue weighted by atomic mass is 10.0. The van der Waals surface area contributed by atoms with Gasteiger partial charge in [-0.05, 0) is 48.6 Å². The molecule has 0 atom stereocenters. The van der Waals surface area contributed by atoms with E-state index in [9.17, 15) is 4.79 Å². The molecule has 0 unspecified atom stereocenters. The average molecular weight is 388 g/mol. The molecule has 1 N–H and O–H groups in total. The van der Waals surface area contributed by atoms with Crippen molar-refractivity contribution in [1.82, 2.24) is 9.97 Å². The number of hydrogen-bond acceptors (Lipinski definition) is 5. The summed E-state index contributed by atoms with van der Waals surface area (Å²) in [6, 6.07) is 17.8. The molecular formula is C23H24N4O2. The monoisotopic (exact) mass is 388 g/mol. The van der Waals surface area contributed by atoms with E-state index in [4.69, 9.17) is 4.74 Å².